The van der Waals surface area contributed by atoms with E-state index in [2.05, 4.69) is 43.2 Å². The minimum atomic E-state index is -0.0987. The Kier molecular flexibility index (Phi) is 8.15. The van der Waals surface area contributed by atoms with E-state index in [1.807, 2.05) is 0 Å². The highest BCUT2D eigenvalue weighted by Crippen LogP contribution is 2.04. The van der Waals surface area contributed by atoms with Gasteiger partial charge in [-0.3, -0.25) is 15.1 Å². The summed E-state index contributed by atoms with van der Waals surface area (Å²) in [5.74, 6) is 4.99. The summed E-state index contributed by atoms with van der Waals surface area (Å²) >= 11 is 0. The van der Waals surface area contributed by atoms with Gasteiger partial charge in [0.2, 0.25) is 5.91 Å². The van der Waals surface area contributed by atoms with Crippen LogP contribution in [0.15, 0.2) is 0 Å². The molecule has 0 aromatic rings. The molecular weight excluding hydrogens is 204 g/mol. The van der Waals surface area contributed by atoms with Gasteiger partial charge in [-0.2, -0.15) is 0 Å². The number of likely N-dealkylation sites (N-methyl/N-ethyl adjacent to an activating group) is 1. The third-order valence-electron chi connectivity index (χ3n) is 2.61. The summed E-state index contributed by atoms with van der Waals surface area (Å²) in [5.41, 5.74) is 2.18. The molecule has 0 saturated heterocycles. The van der Waals surface area contributed by atoms with Crippen molar-refractivity contribution in [1.29, 1.82) is 0 Å². The molecule has 1 atom stereocenters. The summed E-state index contributed by atoms with van der Waals surface area (Å²) < 4.78 is 0. The first-order valence-electron chi connectivity index (χ1n) is 5.89. The molecule has 96 valence electrons. The van der Waals surface area contributed by atoms with Crippen molar-refractivity contribution in [3.63, 3.8) is 0 Å². The molecule has 0 aromatic carbocycles. The molecule has 0 heterocycles. The van der Waals surface area contributed by atoms with Crippen LogP contribution in [0, 0.1) is 0 Å². The second kappa shape index (κ2) is 8.50. The summed E-state index contributed by atoms with van der Waals surface area (Å²) in [6, 6.07) is 0.239. The van der Waals surface area contributed by atoms with E-state index in [1.54, 1.807) is 0 Å². The van der Waals surface area contributed by atoms with E-state index in [1.165, 1.54) is 0 Å². The Labute approximate surface area is 98.9 Å². The smallest absolute Gasteiger partial charge is 0.235 e. The van der Waals surface area contributed by atoms with Gasteiger partial charge in [-0.25, -0.2) is 5.84 Å². The number of carbonyl (C=O) groups excluding carboxylic acids is 1. The molecule has 5 heteroatoms. The molecule has 0 saturated carbocycles. The van der Waals surface area contributed by atoms with Crippen molar-refractivity contribution < 1.29 is 4.79 Å². The van der Waals surface area contributed by atoms with Gasteiger partial charge in [0.25, 0.3) is 0 Å². The molecule has 0 rings (SSSR count). The van der Waals surface area contributed by atoms with Crippen molar-refractivity contribution in [3.8, 4) is 0 Å². The maximum atomic E-state index is 11.2. The van der Waals surface area contributed by atoms with Crippen molar-refractivity contribution in [2.24, 2.45) is 5.84 Å². The number of nitrogens with zero attached hydrogens (tertiary/aromatic N) is 2. The summed E-state index contributed by atoms with van der Waals surface area (Å²) in [7, 11) is 4.11. The van der Waals surface area contributed by atoms with Gasteiger partial charge in [-0.1, -0.05) is 6.92 Å². The third kappa shape index (κ3) is 6.76. The van der Waals surface area contributed by atoms with Gasteiger partial charge >= 0.3 is 0 Å². The lowest BCUT2D eigenvalue weighted by Gasteiger charge is -2.29. The second-order valence-corrected chi connectivity index (χ2v) is 4.46. The topological polar surface area (TPSA) is 61.6 Å². The standard InChI is InChI=1S/C11H26N4O/c1-5-6-15(8-7-14(3)4)10(2)9-11(16)13-12/h10H,5-9,12H2,1-4H3,(H,13,16). The summed E-state index contributed by atoms with van der Waals surface area (Å²) in [6.45, 7) is 7.24. The maximum absolute atomic E-state index is 11.2. The highest BCUT2D eigenvalue weighted by molar-refractivity contribution is 5.75. The zero-order valence-corrected chi connectivity index (χ0v) is 11.0. The lowest BCUT2D eigenvalue weighted by atomic mass is 10.2. The number of amides is 1. The molecule has 0 aliphatic heterocycles. The van der Waals surface area contributed by atoms with E-state index in [4.69, 9.17) is 5.84 Å². The van der Waals surface area contributed by atoms with E-state index < -0.39 is 0 Å². The SMILES string of the molecule is CCCN(CCN(C)C)C(C)CC(=O)NN. The van der Waals surface area contributed by atoms with Crippen LogP contribution in [0.3, 0.4) is 0 Å². The molecule has 1 amide bonds. The van der Waals surface area contributed by atoms with Crippen LogP contribution in [0.1, 0.15) is 26.7 Å². The van der Waals surface area contributed by atoms with Crippen molar-refractivity contribution in [1.82, 2.24) is 15.2 Å². The molecule has 0 aromatic heterocycles. The molecule has 0 fully saturated rings. The summed E-state index contributed by atoms with van der Waals surface area (Å²) in [4.78, 5) is 15.7. The zero-order chi connectivity index (χ0) is 12.6. The minimum Gasteiger partial charge on any atom is -0.308 e. The molecule has 1 unspecified atom stereocenters. The van der Waals surface area contributed by atoms with Crippen LogP contribution in [-0.2, 0) is 4.79 Å². The summed E-state index contributed by atoms with van der Waals surface area (Å²) in [5, 5.41) is 0. The van der Waals surface area contributed by atoms with Crippen LogP contribution >= 0.6 is 0 Å². The molecule has 16 heavy (non-hydrogen) atoms. The summed E-state index contributed by atoms with van der Waals surface area (Å²) in [6.07, 6.45) is 1.56. The predicted octanol–water partition coefficient (Wildman–Crippen LogP) is 0.0285. The Morgan fingerprint density at radius 1 is 1.31 bits per heavy atom. The lowest BCUT2D eigenvalue weighted by Crippen LogP contribution is -2.42. The average Bonchev–Trinajstić information content (AvgIpc) is 2.23. The molecule has 3 N–H and O–H groups in total. The van der Waals surface area contributed by atoms with Crippen LogP contribution in [0.5, 0.6) is 0 Å². The van der Waals surface area contributed by atoms with Crippen LogP contribution in [-0.4, -0.2) is 55.5 Å². The van der Waals surface area contributed by atoms with Crippen molar-refractivity contribution in [2.75, 3.05) is 33.7 Å². The van der Waals surface area contributed by atoms with Gasteiger partial charge in [-0.05, 0) is 34.0 Å². The van der Waals surface area contributed by atoms with Gasteiger partial charge in [0.15, 0.2) is 0 Å². The average molecular weight is 230 g/mol. The van der Waals surface area contributed by atoms with Gasteiger partial charge in [0.05, 0.1) is 0 Å². The van der Waals surface area contributed by atoms with Crippen molar-refractivity contribution in [2.45, 2.75) is 32.7 Å². The lowest BCUT2D eigenvalue weighted by molar-refractivity contribution is -0.122. The van der Waals surface area contributed by atoms with E-state index in [-0.39, 0.29) is 11.9 Å². The molecular formula is C11H26N4O. The van der Waals surface area contributed by atoms with Gasteiger partial charge in [0.1, 0.15) is 0 Å². The Bertz CT molecular complexity index is 196. The molecule has 0 radical (unpaired) electrons. The van der Waals surface area contributed by atoms with Gasteiger partial charge in [0, 0.05) is 25.6 Å². The fourth-order valence-corrected chi connectivity index (χ4v) is 1.62. The third-order valence-corrected chi connectivity index (χ3v) is 2.61. The van der Waals surface area contributed by atoms with Crippen LogP contribution in [0.25, 0.3) is 0 Å². The number of hydrogen-bond donors (Lipinski definition) is 2. The monoisotopic (exact) mass is 230 g/mol. The van der Waals surface area contributed by atoms with Crippen LogP contribution < -0.4 is 11.3 Å². The number of carbonyl (C=O) groups is 1. The number of nitrogens with two attached hydrogens (primary N) is 1. The molecule has 0 aliphatic rings. The Hall–Kier alpha value is -0.650. The van der Waals surface area contributed by atoms with Gasteiger partial charge < -0.3 is 4.90 Å². The number of hydrazine groups is 1. The van der Waals surface area contributed by atoms with Crippen LogP contribution in [0.2, 0.25) is 0 Å². The fraction of sp³-hybridized carbons (Fsp3) is 0.909. The quantitative estimate of drug-likeness (QED) is 0.351. The van der Waals surface area contributed by atoms with Crippen LogP contribution in [0.4, 0.5) is 0 Å². The fourth-order valence-electron chi connectivity index (χ4n) is 1.62. The number of nitrogens with one attached hydrogen (secondary N) is 1. The minimum absolute atomic E-state index is 0.0987. The first-order valence-corrected chi connectivity index (χ1v) is 5.89. The van der Waals surface area contributed by atoms with E-state index in [0.717, 1.165) is 26.1 Å². The largest absolute Gasteiger partial charge is 0.308 e. The van der Waals surface area contributed by atoms with E-state index in [9.17, 15) is 4.79 Å². The molecule has 0 spiro atoms. The Balaban J connectivity index is 4.11. The first-order chi connectivity index (χ1) is 7.51. The normalized spacial score (nSPS) is 13.2. The predicted molar refractivity (Wildman–Crippen MR) is 66.8 cm³/mol. The van der Waals surface area contributed by atoms with E-state index in [0.29, 0.717) is 6.42 Å². The molecule has 0 aliphatic carbocycles. The maximum Gasteiger partial charge on any atom is 0.235 e. The molecule has 5 nitrogen and oxygen atoms in total. The first kappa shape index (κ1) is 15.3. The zero-order valence-electron chi connectivity index (χ0n) is 11.0. The Morgan fingerprint density at radius 2 is 1.94 bits per heavy atom. The highest BCUT2D eigenvalue weighted by Gasteiger charge is 2.15. The van der Waals surface area contributed by atoms with E-state index >= 15 is 0 Å². The van der Waals surface area contributed by atoms with Crippen molar-refractivity contribution >= 4 is 5.91 Å². The van der Waals surface area contributed by atoms with Crippen molar-refractivity contribution in [3.05, 3.63) is 0 Å². The van der Waals surface area contributed by atoms with Gasteiger partial charge in [-0.15, -0.1) is 0 Å². The second-order valence-electron chi connectivity index (χ2n) is 4.46. The molecule has 0 bridgehead atoms. The number of hydrogen-bond acceptors (Lipinski definition) is 4. The number of rotatable bonds is 8. The highest BCUT2D eigenvalue weighted by atomic mass is 16.2. The Morgan fingerprint density at radius 3 is 2.38 bits per heavy atom.